The lowest BCUT2D eigenvalue weighted by atomic mass is 10.4. The van der Waals surface area contributed by atoms with Crippen LogP contribution in [0.3, 0.4) is 0 Å². The first-order chi connectivity index (χ1) is 2.81. The predicted molar refractivity (Wildman–Crippen MR) is 22.8 cm³/mol. The minimum Gasteiger partial charge on any atom is -0.327 e. The fraction of sp³-hybridized carbons (Fsp3) is 0.500. The van der Waals surface area contributed by atoms with E-state index in [0.29, 0.717) is 0 Å². The molecule has 2 N–H and O–H groups in total. The Balaban J connectivity index is 3.04. The quantitative estimate of drug-likeness (QED) is 0.444. The maximum Gasteiger partial charge on any atom is 0.172 e. The highest BCUT2D eigenvalue weighted by molar-refractivity contribution is 4.93. The molecule has 0 spiro atoms. The van der Waals surface area contributed by atoms with Gasteiger partial charge in [-0.3, -0.25) is 0 Å². The van der Waals surface area contributed by atoms with Gasteiger partial charge in [0.1, 0.15) is 0 Å². The molecular formula is C4H6FN. The SMILES string of the molecule is C#CC(F)CN. The smallest absolute Gasteiger partial charge is 0.172 e. The van der Waals surface area contributed by atoms with Gasteiger partial charge >= 0.3 is 0 Å². The van der Waals surface area contributed by atoms with E-state index in [1.54, 1.807) is 0 Å². The molecular weight excluding hydrogens is 81.0 g/mol. The van der Waals surface area contributed by atoms with E-state index in [1.165, 1.54) is 0 Å². The molecule has 0 aliphatic heterocycles. The zero-order chi connectivity index (χ0) is 4.99. The summed E-state index contributed by atoms with van der Waals surface area (Å²) in [6.45, 7) is -0.0729. The molecule has 0 aliphatic rings. The van der Waals surface area contributed by atoms with Crippen LogP contribution in [0.15, 0.2) is 0 Å². The van der Waals surface area contributed by atoms with Crippen LogP contribution in [0.1, 0.15) is 0 Å². The third kappa shape index (κ3) is 1.74. The third-order valence-electron chi connectivity index (χ3n) is 0.388. The molecule has 0 aromatic rings. The number of nitrogens with two attached hydrogens (primary N) is 1. The minimum absolute atomic E-state index is 0.0729. The van der Waals surface area contributed by atoms with E-state index in [0.717, 1.165) is 0 Å². The molecule has 1 atom stereocenters. The first-order valence-electron chi connectivity index (χ1n) is 1.61. The third-order valence-corrected chi connectivity index (χ3v) is 0.388. The summed E-state index contributed by atoms with van der Waals surface area (Å²) in [5.41, 5.74) is 4.77. The molecule has 0 aromatic carbocycles. The van der Waals surface area contributed by atoms with Crippen molar-refractivity contribution in [3.8, 4) is 12.3 Å². The molecule has 0 aliphatic carbocycles. The fourth-order valence-electron chi connectivity index (χ4n) is 0.0680. The van der Waals surface area contributed by atoms with Gasteiger partial charge in [-0.15, -0.1) is 6.42 Å². The summed E-state index contributed by atoms with van der Waals surface area (Å²) in [6, 6.07) is 0. The largest absolute Gasteiger partial charge is 0.327 e. The summed E-state index contributed by atoms with van der Waals surface area (Å²) in [5, 5.41) is 0. The summed E-state index contributed by atoms with van der Waals surface area (Å²) in [5.74, 6) is 1.82. The van der Waals surface area contributed by atoms with Crippen molar-refractivity contribution in [1.29, 1.82) is 0 Å². The molecule has 34 valence electrons. The molecule has 2 heteroatoms. The molecule has 1 nitrogen and oxygen atoms in total. The molecule has 0 bridgehead atoms. The summed E-state index contributed by atoms with van der Waals surface area (Å²) in [6.07, 6.45) is 3.32. The Hall–Kier alpha value is -0.550. The van der Waals surface area contributed by atoms with Gasteiger partial charge in [0, 0.05) is 6.54 Å². The van der Waals surface area contributed by atoms with Crippen molar-refractivity contribution >= 4 is 0 Å². The lowest BCUT2D eigenvalue weighted by Gasteiger charge is -1.86. The normalized spacial score (nSPS) is 12.8. The summed E-state index contributed by atoms with van der Waals surface area (Å²) in [7, 11) is 0. The van der Waals surface area contributed by atoms with Gasteiger partial charge in [-0.25, -0.2) is 4.39 Å². The lowest BCUT2D eigenvalue weighted by Crippen LogP contribution is -2.11. The van der Waals surface area contributed by atoms with E-state index in [2.05, 4.69) is 6.42 Å². The number of halogens is 1. The Morgan fingerprint density at radius 2 is 2.50 bits per heavy atom. The first-order valence-corrected chi connectivity index (χ1v) is 1.61. The van der Waals surface area contributed by atoms with Gasteiger partial charge in [-0.1, -0.05) is 5.92 Å². The summed E-state index contributed by atoms with van der Waals surface area (Å²) in [4.78, 5) is 0. The average Bonchev–Trinajstić information content (AvgIpc) is 1.65. The van der Waals surface area contributed by atoms with Crippen LogP contribution in [0.5, 0.6) is 0 Å². The fourth-order valence-corrected chi connectivity index (χ4v) is 0.0680. The van der Waals surface area contributed by atoms with Crippen molar-refractivity contribution in [2.24, 2.45) is 5.73 Å². The van der Waals surface area contributed by atoms with Crippen LogP contribution in [0.2, 0.25) is 0 Å². The summed E-state index contributed by atoms with van der Waals surface area (Å²) < 4.78 is 11.5. The molecule has 0 radical (unpaired) electrons. The van der Waals surface area contributed by atoms with Crippen LogP contribution in [0, 0.1) is 12.3 Å². The highest BCUT2D eigenvalue weighted by Crippen LogP contribution is 1.78. The van der Waals surface area contributed by atoms with Crippen molar-refractivity contribution < 1.29 is 4.39 Å². The van der Waals surface area contributed by atoms with E-state index < -0.39 is 6.17 Å². The van der Waals surface area contributed by atoms with Gasteiger partial charge in [0.15, 0.2) is 6.17 Å². The zero-order valence-electron chi connectivity index (χ0n) is 3.32. The van der Waals surface area contributed by atoms with Crippen molar-refractivity contribution in [3.05, 3.63) is 0 Å². The maximum absolute atomic E-state index is 11.5. The van der Waals surface area contributed by atoms with Gasteiger partial charge in [0.05, 0.1) is 0 Å². The molecule has 6 heavy (non-hydrogen) atoms. The van der Waals surface area contributed by atoms with Crippen LogP contribution < -0.4 is 5.73 Å². The van der Waals surface area contributed by atoms with E-state index in [4.69, 9.17) is 5.73 Å². The van der Waals surface area contributed by atoms with Gasteiger partial charge in [-0.05, 0) is 0 Å². The highest BCUT2D eigenvalue weighted by Gasteiger charge is 1.90. The molecule has 0 saturated carbocycles. The Morgan fingerprint density at radius 1 is 2.00 bits per heavy atom. The van der Waals surface area contributed by atoms with E-state index >= 15 is 0 Å². The van der Waals surface area contributed by atoms with E-state index in [-0.39, 0.29) is 6.54 Å². The van der Waals surface area contributed by atoms with Gasteiger partial charge in [0.2, 0.25) is 0 Å². The van der Waals surface area contributed by atoms with Gasteiger partial charge in [0.25, 0.3) is 0 Å². The first kappa shape index (κ1) is 5.45. The molecule has 0 aromatic heterocycles. The number of terminal acetylenes is 1. The Kier molecular flexibility index (Phi) is 2.43. The number of alkyl halides is 1. The topological polar surface area (TPSA) is 26.0 Å². The molecule has 0 amide bonds. The average molecular weight is 87.1 g/mol. The molecule has 0 rings (SSSR count). The van der Waals surface area contributed by atoms with Crippen molar-refractivity contribution in [3.63, 3.8) is 0 Å². The van der Waals surface area contributed by atoms with Crippen molar-refractivity contribution in [2.45, 2.75) is 6.17 Å². The zero-order valence-corrected chi connectivity index (χ0v) is 3.32. The molecule has 1 unspecified atom stereocenters. The number of hydrogen-bond acceptors (Lipinski definition) is 1. The monoisotopic (exact) mass is 87.0 g/mol. The predicted octanol–water partition coefficient (Wildman–Crippen LogP) is -0.0836. The molecule has 0 fully saturated rings. The van der Waals surface area contributed by atoms with Crippen molar-refractivity contribution in [2.75, 3.05) is 6.54 Å². The van der Waals surface area contributed by atoms with Gasteiger partial charge < -0.3 is 5.73 Å². The lowest BCUT2D eigenvalue weighted by molar-refractivity contribution is 0.421. The second-order valence-electron chi connectivity index (χ2n) is 0.870. The highest BCUT2D eigenvalue weighted by atomic mass is 19.1. The Morgan fingerprint density at radius 3 is 2.50 bits per heavy atom. The second-order valence-corrected chi connectivity index (χ2v) is 0.870. The molecule has 0 heterocycles. The van der Waals surface area contributed by atoms with E-state index in [1.807, 2.05) is 5.92 Å². The number of rotatable bonds is 1. The van der Waals surface area contributed by atoms with Crippen LogP contribution in [0.4, 0.5) is 4.39 Å². The van der Waals surface area contributed by atoms with Crippen molar-refractivity contribution in [1.82, 2.24) is 0 Å². The Bertz CT molecular complexity index is 64.4. The Labute approximate surface area is 36.3 Å². The summed E-state index contributed by atoms with van der Waals surface area (Å²) >= 11 is 0. The standard InChI is InChI=1S/C4H6FN/c1-2-4(5)3-6/h1,4H,3,6H2. The van der Waals surface area contributed by atoms with Crippen LogP contribution in [0.25, 0.3) is 0 Å². The second kappa shape index (κ2) is 2.67. The molecule has 0 saturated heterocycles. The minimum atomic E-state index is -1.26. The van der Waals surface area contributed by atoms with Crippen LogP contribution in [-0.2, 0) is 0 Å². The van der Waals surface area contributed by atoms with Crippen LogP contribution >= 0.6 is 0 Å². The van der Waals surface area contributed by atoms with Crippen LogP contribution in [-0.4, -0.2) is 12.7 Å². The van der Waals surface area contributed by atoms with E-state index in [9.17, 15) is 4.39 Å². The number of hydrogen-bond donors (Lipinski definition) is 1. The van der Waals surface area contributed by atoms with Gasteiger partial charge in [-0.2, -0.15) is 0 Å². The maximum atomic E-state index is 11.5.